The minimum atomic E-state index is 0.100. The Balaban J connectivity index is 2.06. The summed E-state index contributed by atoms with van der Waals surface area (Å²) in [7, 11) is 4.41. The van der Waals surface area contributed by atoms with E-state index in [1.54, 1.807) is 11.3 Å². The summed E-state index contributed by atoms with van der Waals surface area (Å²) in [6.07, 6.45) is 1.04. The van der Waals surface area contributed by atoms with Gasteiger partial charge in [0, 0.05) is 43.0 Å². The van der Waals surface area contributed by atoms with E-state index in [1.807, 2.05) is 6.92 Å². The zero-order valence-electron chi connectivity index (χ0n) is 11.8. The van der Waals surface area contributed by atoms with Gasteiger partial charge >= 0.3 is 0 Å². The molecular weight excluding hydrogens is 244 g/mol. The van der Waals surface area contributed by atoms with Crippen LogP contribution in [0.5, 0.6) is 0 Å². The molecule has 1 aliphatic heterocycles. The largest absolute Gasteiger partial charge is 0.323 e. The molecule has 0 aromatic carbocycles. The summed E-state index contributed by atoms with van der Waals surface area (Å²) in [5.74, 6) is 0. The first-order valence-electron chi connectivity index (χ1n) is 6.58. The van der Waals surface area contributed by atoms with Crippen LogP contribution in [0.25, 0.3) is 0 Å². The van der Waals surface area contributed by atoms with Crippen molar-refractivity contribution in [2.45, 2.75) is 32.4 Å². The third-order valence-corrected chi connectivity index (χ3v) is 5.06. The van der Waals surface area contributed by atoms with Crippen molar-refractivity contribution in [3.8, 4) is 0 Å². The fourth-order valence-electron chi connectivity index (χ4n) is 2.50. The van der Waals surface area contributed by atoms with Crippen LogP contribution in [0.1, 0.15) is 28.5 Å². The Morgan fingerprint density at radius 2 is 2.17 bits per heavy atom. The van der Waals surface area contributed by atoms with Gasteiger partial charge in [0.25, 0.3) is 0 Å². The van der Waals surface area contributed by atoms with Gasteiger partial charge in [-0.25, -0.2) is 4.98 Å². The molecule has 0 bridgehead atoms. The van der Waals surface area contributed by atoms with E-state index >= 15 is 0 Å². The van der Waals surface area contributed by atoms with Gasteiger partial charge in [0.05, 0.1) is 10.7 Å². The Morgan fingerprint density at radius 1 is 1.44 bits per heavy atom. The molecule has 1 aromatic rings. The smallest absolute Gasteiger partial charge is 0.0947 e. The lowest BCUT2D eigenvalue weighted by Crippen LogP contribution is -2.50. The molecule has 5 heteroatoms. The molecule has 0 radical (unpaired) electrons. The predicted octanol–water partition coefficient (Wildman–Crippen LogP) is 1.26. The highest BCUT2D eigenvalue weighted by Gasteiger charge is 2.24. The quantitative estimate of drug-likeness (QED) is 0.896. The maximum absolute atomic E-state index is 5.96. The van der Waals surface area contributed by atoms with Crippen molar-refractivity contribution in [2.24, 2.45) is 5.73 Å². The lowest BCUT2D eigenvalue weighted by molar-refractivity contribution is 0.114. The lowest BCUT2D eigenvalue weighted by atomic mass is 10.1. The van der Waals surface area contributed by atoms with Crippen LogP contribution in [-0.2, 0) is 6.42 Å². The minimum Gasteiger partial charge on any atom is -0.323 e. The molecule has 1 saturated heterocycles. The summed E-state index contributed by atoms with van der Waals surface area (Å²) in [6, 6.07) is 0.679. The Bertz CT molecular complexity index is 402. The predicted molar refractivity (Wildman–Crippen MR) is 77.1 cm³/mol. The monoisotopic (exact) mass is 268 g/mol. The first kappa shape index (κ1) is 13.9. The molecule has 2 atom stereocenters. The Labute approximate surface area is 114 Å². The van der Waals surface area contributed by atoms with E-state index in [4.69, 9.17) is 5.73 Å². The van der Waals surface area contributed by atoms with Gasteiger partial charge in [-0.15, -0.1) is 11.3 Å². The number of hydrogen-bond donors (Lipinski definition) is 1. The van der Waals surface area contributed by atoms with Crippen molar-refractivity contribution in [3.05, 3.63) is 15.6 Å². The Morgan fingerprint density at radius 3 is 2.78 bits per heavy atom. The summed E-state index contributed by atoms with van der Waals surface area (Å²) in [4.78, 5) is 10.8. The molecule has 2 rings (SSSR count). The Hall–Kier alpha value is -0.490. The first-order valence-corrected chi connectivity index (χ1v) is 7.39. The van der Waals surface area contributed by atoms with E-state index in [9.17, 15) is 0 Å². The molecule has 2 unspecified atom stereocenters. The molecule has 4 nitrogen and oxygen atoms in total. The van der Waals surface area contributed by atoms with Gasteiger partial charge in [0.1, 0.15) is 0 Å². The SMILES string of the molecule is Cc1nc(CC2CN(C)CCN2C)sc1C(C)N. The third-order valence-electron chi connectivity index (χ3n) is 3.68. The molecule has 0 amide bonds. The summed E-state index contributed by atoms with van der Waals surface area (Å²) < 4.78 is 0. The van der Waals surface area contributed by atoms with Gasteiger partial charge < -0.3 is 15.5 Å². The number of piperazine rings is 1. The molecule has 0 spiro atoms. The van der Waals surface area contributed by atoms with Crippen LogP contribution in [0.4, 0.5) is 0 Å². The molecule has 2 N–H and O–H groups in total. The van der Waals surface area contributed by atoms with Gasteiger partial charge in [-0.1, -0.05) is 0 Å². The molecule has 18 heavy (non-hydrogen) atoms. The van der Waals surface area contributed by atoms with Crippen molar-refractivity contribution in [3.63, 3.8) is 0 Å². The van der Waals surface area contributed by atoms with Crippen LogP contribution in [0.15, 0.2) is 0 Å². The summed E-state index contributed by atoms with van der Waals surface area (Å²) in [6.45, 7) is 7.53. The summed E-state index contributed by atoms with van der Waals surface area (Å²) in [5, 5.41) is 1.23. The number of aryl methyl sites for hydroxylation is 1. The van der Waals surface area contributed by atoms with E-state index in [0.717, 1.165) is 31.7 Å². The van der Waals surface area contributed by atoms with Crippen LogP contribution in [0, 0.1) is 6.92 Å². The second-order valence-electron chi connectivity index (χ2n) is 5.45. The van der Waals surface area contributed by atoms with Gasteiger partial charge in [-0.3, -0.25) is 0 Å². The van der Waals surface area contributed by atoms with Crippen LogP contribution in [0.2, 0.25) is 0 Å². The van der Waals surface area contributed by atoms with E-state index in [0.29, 0.717) is 6.04 Å². The second-order valence-corrected chi connectivity index (χ2v) is 6.56. The topological polar surface area (TPSA) is 45.4 Å². The number of nitrogens with zero attached hydrogens (tertiary/aromatic N) is 3. The molecule has 1 fully saturated rings. The van der Waals surface area contributed by atoms with E-state index in [2.05, 4.69) is 35.8 Å². The number of nitrogens with two attached hydrogens (primary N) is 1. The molecule has 0 aliphatic carbocycles. The highest BCUT2D eigenvalue weighted by molar-refractivity contribution is 7.11. The van der Waals surface area contributed by atoms with Gasteiger partial charge in [-0.2, -0.15) is 0 Å². The molecular formula is C13H24N4S. The van der Waals surface area contributed by atoms with Crippen molar-refractivity contribution in [1.82, 2.24) is 14.8 Å². The zero-order valence-corrected chi connectivity index (χ0v) is 12.6. The molecule has 1 aromatic heterocycles. The first-order chi connectivity index (χ1) is 8.47. The van der Waals surface area contributed by atoms with Gasteiger partial charge in [0.2, 0.25) is 0 Å². The Kier molecular flexibility index (Phi) is 4.37. The zero-order chi connectivity index (χ0) is 13.3. The number of rotatable bonds is 3. The van der Waals surface area contributed by atoms with Crippen molar-refractivity contribution in [1.29, 1.82) is 0 Å². The van der Waals surface area contributed by atoms with E-state index in [-0.39, 0.29) is 6.04 Å². The molecule has 2 heterocycles. The number of aromatic nitrogens is 1. The number of thiazole rings is 1. The highest BCUT2D eigenvalue weighted by atomic mass is 32.1. The second kappa shape index (κ2) is 5.65. The summed E-state index contributed by atoms with van der Waals surface area (Å²) >= 11 is 1.78. The fraction of sp³-hybridized carbons (Fsp3) is 0.769. The minimum absolute atomic E-state index is 0.100. The normalized spacial score (nSPS) is 24.4. The van der Waals surface area contributed by atoms with Crippen LogP contribution in [0.3, 0.4) is 0 Å². The van der Waals surface area contributed by atoms with Crippen LogP contribution < -0.4 is 5.73 Å². The average Bonchev–Trinajstić information content (AvgIpc) is 2.65. The maximum Gasteiger partial charge on any atom is 0.0947 e. The molecule has 102 valence electrons. The standard InChI is InChI=1S/C13H24N4S/c1-9(14)13-10(2)15-12(18-13)7-11-8-16(3)5-6-17(11)4/h9,11H,5-8,14H2,1-4H3. The van der Waals surface area contributed by atoms with E-state index < -0.39 is 0 Å². The van der Waals surface area contributed by atoms with E-state index in [1.165, 1.54) is 9.88 Å². The van der Waals surface area contributed by atoms with Crippen LogP contribution in [-0.4, -0.2) is 54.6 Å². The molecule has 0 saturated carbocycles. The number of hydrogen-bond acceptors (Lipinski definition) is 5. The van der Waals surface area contributed by atoms with Crippen LogP contribution >= 0.6 is 11.3 Å². The van der Waals surface area contributed by atoms with Gasteiger partial charge in [-0.05, 0) is 27.9 Å². The lowest BCUT2D eigenvalue weighted by Gasteiger charge is -2.37. The third kappa shape index (κ3) is 3.09. The van der Waals surface area contributed by atoms with Crippen molar-refractivity contribution < 1.29 is 0 Å². The summed E-state index contributed by atoms with van der Waals surface area (Å²) in [5.41, 5.74) is 7.07. The number of likely N-dealkylation sites (N-methyl/N-ethyl adjacent to an activating group) is 2. The highest BCUT2D eigenvalue weighted by Crippen LogP contribution is 2.25. The maximum atomic E-state index is 5.96. The van der Waals surface area contributed by atoms with Crippen molar-refractivity contribution >= 4 is 11.3 Å². The average molecular weight is 268 g/mol. The van der Waals surface area contributed by atoms with Gasteiger partial charge in [0.15, 0.2) is 0 Å². The fourth-order valence-corrected chi connectivity index (χ4v) is 3.59. The van der Waals surface area contributed by atoms with Crippen molar-refractivity contribution in [2.75, 3.05) is 33.7 Å². The molecule has 1 aliphatic rings.